The summed E-state index contributed by atoms with van der Waals surface area (Å²) in [6.07, 6.45) is -0.668. The molecule has 3 aromatic carbocycles. The number of nitrogens with one attached hydrogen (secondary N) is 1. The van der Waals surface area contributed by atoms with Gasteiger partial charge < -0.3 is 9.47 Å². The Morgan fingerprint density at radius 3 is 2.13 bits per heavy atom. The molecule has 2 unspecified atom stereocenters. The third kappa shape index (κ3) is 6.43. The molecule has 6 nitrogen and oxygen atoms in total. The van der Waals surface area contributed by atoms with Gasteiger partial charge >= 0.3 is 0 Å². The lowest BCUT2D eigenvalue weighted by molar-refractivity contribution is 0.0170. The van der Waals surface area contributed by atoms with Gasteiger partial charge in [0.15, 0.2) is 6.23 Å². The van der Waals surface area contributed by atoms with Crippen molar-refractivity contribution in [3.63, 3.8) is 0 Å². The van der Waals surface area contributed by atoms with Crippen LogP contribution in [-0.2, 0) is 26.9 Å². The standard InChI is InChI=1S/C32H40N4O2/c1-31(2,3)26-16-12-23(13-17-26)28(34-33-7)37-21-22-10-9-11-25(20-22)29-35-36(8)30(38-29)24-14-18-27(19-15-24)32(4,5)6/h9-20,28,30,34H,7,21H2,1-6,8H3. The van der Waals surface area contributed by atoms with Crippen LogP contribution in [0.5, 0.6) is 0 Å². The zero-order chi connectivity index (χ0) is 27.5. The molecular weight excluding hydrogens is 472 g/mol. The fourth-order valence-electron chi connectivity index (χ4n) is 4.38. The third-order valence-corrected chi connectivity index (χ3v) is 6.75. The minimum Gasteiger partial charge on any atom is -0.446 e. The Morgan fingerprint density at radius 2 is 1.55 bits per heavy atom. The Balaban J connectivity index is 1.43. The Hall–Kier alpha value is -3.64. The van der Waals surface area contributed by atoms with E-state index in [0.29, 0.717) is 12.5 Å². The highest BCUT2D eigenvalue weighted by atomic mass is 16.5. The van der Waals surface area contributed by atoms with Crippen LogP contribution in [0.15, 0.2) is 83.0 Å². The van der Waals surface area contributed by atoms with E-state index in [-0.39, 0.29) is 17.1 Å². The highest BCUT2D eigenvalue weighted by Crippen LogP contribution is 2.31. The smallest absolute Gasteiger partial charge is 0.240 e. The number of nitrogens with zero attached hydrogens (tertiary/aromatic N) is 3. The average molecular weight is 513 g/mol. The summed E-state index contributed by atoms with van der Waals surface area (Å²) in [6.45, 7) is 17.2. The molecule has 0 saturated carbocycles. The van der Waals surface area contributed by atoms with Crippen LogP contribution in [0.25, 0.3) is 0 Å². The molecule has 0 amide bonds. The van der Waals surface area contributed by atoms with Gasteiger partial charge in [0.2, 0.25) is 12.1 Å². The fourth-order valence-corrected chi connectivity index (χ4v) is 4.38. The molecule has 1 heterocycles. The molecule has 4 rings (SSSR count). The molecule has 2 atom stereocenters. The molecule has 0 spiro atoms. The minimum atomic E-state index is -0.406. The van der Waals surface area contributed by atoms with E-state index in [1.807, 2.05) is 30.3 Å². The van der Waals surface area contributed by atoms with E-state index < -0.39 is 6.23 Å². The Kier molecular flexibility index (Phi) is 7.93. The van der Waals surface area contributed by atoms with E-state index in [2.05, 4.69) is 118 Å². The lowest BCUT2D eigenvalue weighted by atomic mass is 9.86. The van der Waals surface area contributed by atoms with Crippen LogP contribution in [0.1, 0.15) is 87.4 Å². The zero-order valence-corrected chi connectivity index (χ0v) is 23.7. The van der Waals surface area contributed by atoms with Crippen molar-refractivity contribution in [3.8, 4) is 0 Å². The van der Waals surface area contributed by atoms with Gasteiger partial charge in [-0.25, -0.2) is 0 Å². The first-order chi connectivity index (χ1) is 18.0. The monoisotopic (exact) mass is 512 g/mol. The van der Waals surface area contributed by atoms with Crippen LogP contribution in [0.3, 0.4) is 0 Å². The van der Waals surface area contributed by atoms with Crippen molar-refractivity contribution < 1.29 is 9.47 Å². The highest BCUT2D eigenvalue weighted by Gasteiger charge is 2.28. The largest absolute Gasteiger partial charge is 0.446 e. The number of hydrogen-bond donors (Lipinski definition) is 1. The van der Waals surface area contributed by atoms with Crippen LogP contribution >= 0.6 is 0 Å². The first-order valence-electron chi connectivity index (χ1n) is 13.1. The molecule has 0 bridgehead atoms. The minimum absolute atomic E-state index is 0.0907. The molecule has 0 aromatic heterocycles. The third-order valence-electron chi connectivity index (χ3n) is 6.75. The van der Waals surface area contributed by atoms with Crippen molar-refractivity contribution in [2.75, 3.05) is 7.05 Å². The summed E-state index contributed by atoms with van der Waals surface area (Å²) in [4.78, 5) is 0. The number of hydrazone groups is 2. The SMILES string of the molecule is C=NNC(OCc1cccc(C2=NN(C)C(c3ccc(C(C)(C)C)cc3)O2)c1)c1ccc(C(C)(C)C)cc1. The second-order valence-electron chi connectivity index (χ2n) is 11.9. The molecule has 0 saturated heterocycles. The molecule has 200 valence electrons. The molecule has 0 radical (unpaired) electrons. The van der Waals surface area contributed by atoms with Gasteiger partial charge in [0, 0.05) is 30.5 Å². The van der Waals surface area contributed by atoms with E-state index in [1.165, 1.54) is 11.1 Å². The lowest BCUT2D eigenvalue weighted by Gasteiger charge is -2.22. The summed E-state index contributed by atoms with van der Waals surface area (Å²) in [5.74, 6) is 0.597. The average Bonchev–Trinajstić information content (AvgIpc) is 3.27. The molecule has 0 fully saturated rings. The highest BCUT2D eigenvalue weighted by molar-refractivity contribution is 5.95. The van der Waals surface area contributed by atoms with Crippen LogP contribution in [0, 0.1) is 0 Å². The Morgan fingerprint density at radius 1 is 0.947 bits per heavy atom. The van der Waals surface area contributed by atoms with Gasteiger partial charge in [0.05, 0.1) is 6.61 Å². The van der Waals surface area contributed by atoms with Gasteiger partial charge in [0.25, 0.3) is 0 Å². The topological polar surface area (TPSA) is 58.5 Å². The summed E-state index contributed by atoms with van der Waals surface area (Å²) >= 11 is 0. The van der Waals surface area contributed by atoms with Crippen LogP contribution in [0.2, 0.25) is 0 Å². The summed E-state index contributed by atoms with van der Waals surface area (Å²) < 4.78 is 12.5. The first-order valence-corrected chi connectivity index (χ1v) is 13.1. The normalized spacial score (nSPS) is 16.6. The van der Waals surface area contributed by atoms with Gasteiger partial charge in [-0.2, -0.15) is 5.10 Å². The van der Waals surface area contributed by atoms with Crippen LogP contribution in [-0.4, -0.2) is 24.7 Å². The summed E-state index contributed by atoms with van der Waals surface area (Å²) in [6, 6.07) is 25.1. The Bertz CT molecular complexity index is 1270. The number of hydrogen-bond acceptors (Lipinski definition) is 6. The molecule has 3 aromatic rings. The van der Waals surface area contributed by atoms with E-state index in [9.17, 15) is 0 Å². The molecule has 1 N–H and O–H groups in total. The zero-order valence-electron chi connectivity index (χ0n) is 23.7. The molecule has 1 aliphatic heterocycles. The van der Waals surface area contributed by atoms with Crippen molar-refractivity contribution in [3.05, 3.63) is 106 Å². The van der Waals surface area contributed by atoms with Gasteiger partial charge in [0.1, 0.15) is 0 Å². The molecule has 1 aliphatic rings. The Labute approximate surface area is 227 Å². The first kappa shape index (κ1) is 27.4. The second-order valence-corrected chi connectivity index (χ2v) is 11.9. The van der Waals surface area contributed by atoms with Crippen LogP contribution in [0.4, 0.5) is 0 Å². The van der Waals surface area contributed by atoms with Crippen molar-refractivity contribution in [2.45, 2.75) is 71.4 Å². The molecular formula is C32H40N4O2. The summed E-state index contributed by atoms with van der Waals surface area (Å²) in [5.41, 5.74) is 9.72. The predicted octanol–water partition coefficient (Wildman–Crippen LogP) is 7.02. The lowest BCUT2D eigenvalue weighted by Crippen LogP contribution is -2.19. The summed E-state index contributed by atoms with van der Waals surface area (Å²) in [7, 11) is 1.94. The maximum atomic E-state index is 6.30. The fraction of sp³-hybridized carbons (Fsp3) is 0.375. The van der Waals surface area contributed by atoms with Crippen molar-refractivity contribution in [1.82, 2.24) is 10.4 Å². The number of rotatable bonds is 8. The van der Waals surface area contributed by atoms with Gasteiger partial charge in [-0.05, 0) is 39.7 Å². The van der Waals surface area contributed by atoms with E-state index in [1.54, 1.807) is 0 Å². The van der Waals surface area contributed by atoms with E-state index in [0.717, 1.165) is 22.3 Å². The second kappa shape index (κ2) is 11.0. The van der Waals surface area contributed by atoms with Gasteiger partial charge in [-0.1, -0.05) is 102 Å². The van der Waals surface area contributed by atoms with Gasteiger partial charge in [-0.3, -0.25) is 10.4 Å². The predicted molar refractivity (Wildman–Crippen MR) is 155 cm³/mol. The van der Waals surface area contributed by atoms with E-state index >= 15 is 0 Å². The molecule has 6 heteroatoms. The van der Waals surface area contributed by atoms with Crippen molar-refractivity contribution in [1.29, 1.82) is 0 Å². The molecule has 0 aliphatic carbocycles. The number of ether oxygens (including phenoxy) is 2. The maximum Gasteiger partial charge on any atom is 0.240 e. The van der Waals surface area contributed by atoms with E-state index in [4.69, 9.17) is 9.47 Å². The van der Waals surface area contributed by atoms with Crippen molar-refractivity contribution >= 4 is 12.6 Å². The number of benzene rings is 3. The molecule has 38 heavy (non-hydrogen) atoms. The quantitative estimate of drug-likeness (QED) is 0.200. The maximum absolute atomic E-state index is 6.30. The van der Waals surface area contributed by atoms with Crippen molar-refractivity contribution in [2.24, 2.45) is 10.2 Å². The summed E-state index contributed by atoms with van der Waals surface area (Å²) in [5, 5.41) is 10.4. The van der Waals surface area contributed by atoms with Gasteiger partial charge in [-0.15, -0.1) is 5.10 Å². The van der Waals surface area contributed by atoms with Crippen LogP contribution < -0.4 is 5.43 Å².